The van der Waals surface area contributed by atoms with Gasteiger partial charge in [-0.05, 0) is 42.3 Å². The zero-order valence-electron chi connectivity index (χ0n) is 11.6. The molecule has 0 spiro atoms. The maximum Gasteiger partial charge on any atom is 0.249 e. The Kier molecular flexibility index (Phi) is 4.25. The number of nitrogens with one attached hydrogen (secondary N) is 1. The second-order valence-corrected chi connectivity index (χ2v) is 4.56. The van der Waals surface area contributed by atoms with E-state index in [0.29, 0.717) is 12.1 Å². The highest BCUT2D eigenvalue weighted by molar-refractivity contribution is 5.94. The van der Waals surface area contributed by atoms with Crippen LogP contribution in [0.3, 0.4) is 0 Å². The summed E-state index contributed by atoms with van der Waals surface area (Å²) in [6.07, 6.45) is 0. The number of carbonyl (C=O) groups excluding carboxylic acids is 1. The van der Waals surface area contributed by atoms with Gasteiger partial charge in [0.1, 0.15) is 5.75 Å². The zero-order valence-corrected chi connectivity index (χ0v) is 11.6. The number of nitrogens with two attached hydrogens (primary N) is 1. The van der Waals surface area contributed by atoms with Crippen LogP contribution in [0.15, 0.2) is 42.5 Å². The Labute approximate surface area is 118 Å². The summed E-state index contributed by atoms with van der Waals surface area (Å²) >= 11 is 0. The molecule has 0 heterocycles. The highest BCUT2D eigenvalue weighted by Crippen LogP contribution is 2.22. The second-order valence-electron chi connectivity index (χ2n) is 4.56. The van der Waals surface area contributed by atoms with Gasteiger partial charge in [-0.2, -0.15) is 0 Å². The van der Waals surface area contributed by atoms with Crippen LogP contribution < -0.4 is 15.8 Å². The number of aryl methyl sites for hydroxylation is 1. The Morgan fingerprint density at radius 1 is 1.25 bits per heavy atom. The summed E-state index contributed by atoms with van der Waals surface area (Å²) in [6, 6.07) is 13.2. The van der Waals surface area contributed by atoms with E-state index in [9.17, 15) is 4.79 Å². The summed E-state index contributed by atoms with van der Waals surface area (Å²) in [6.45, 7) is 2.55. The summed E-state index contributed by atoms with van der Waals surface area (Å²) < 4.78 is 5.17. The van der Waals surface area contributed by atoms with Crippen LogP contribution in [-0.4, -0.2) is 13.0 Å². The van der Waals surface area contributed by atoms with E-state index in [1.807, 2.05) is 43.3 Å². The van der Waals surface area contributed by atoms with E-state index in [2.05, 4.69) is 5.32 Å². The molecular formula is C16H18N2O2. The van der Waals surface area contributed by atoms with Crippen LogP contribution in [0.25, 0.3) is 0 Å². The topological polar surface area (TPSA) is 64.3 Å². The molecule has 0 atom stereocenters. The normalized spacial score (nSPS) is 10.1. The van der Waals surface area contributed by atoms with E-state index in [4.69, 9.17) is 10.5 Å². The van der Waals surface area contributed by atoms with Crippen molar-refractivity contribution in [3.63, 3.8) is 0 Å². The number of carbonyl (C=O) groups is 1. The number of primary amides is 1. The molecule has 1 amide bonds. The number of ether oxygens (including phenoxy) is 1. The lowest BCUT2D eigenvalue weighted by Crippen LogP contribution is -2.15. The number of anilines is 1. The molecule has 3 N–H and O–H groups in total. The van der Waals surface area contributed by atoms with Crippen molar-refractivity contribution in [1.82, 2.24) is 0 Å². The Balaban J connectivity index is 2.15. The number of hydrogen-bond acceptors (Lipinski definition) is 3. The third-order valence-electron chi connectivity index (χ3n) is 3.19. The largest absolute Gasteiger partial charge is 0.497 e. The van der Waals surface area contributed by atoms with E-state index in [1.165, 1.54) is 0 Å². The van der Waals surface area contributed by atoms with Crippen molar-refractivity contribution in [2.45, 2.75) is 13.5 Å². The molecule has 0 unspecified atom stereocenters. The highest BCUT2D eigenvalue weighted by Gasteiger charge is 2.07. The average Bonchev–Trinajstić information content (AvgIpc) is 2.46. The number of hydrogen-bond donors (Lipinski definition) is 2. The third kappa shape index (κ3) is 3.09. The molecule has 0 saturated carbocycles. The van der Waals surface area contributed by atoms with E-state index in [-0.39, 0.29) is 0 Å². The SMILES string of the molecule is COc1ccc(NCc2ccccc2C(N)=O)c(C)c1. The number of amides is 1. The zero-order chi connectivity index (χ0) is 14.5. The number of benzene rings is 2. The van der Waals surface area contributed by atoms with Gasteiger partial charge in [0.05, 0.1) is 7.11 Å². The maximum atomic E-state index is 11.4. The monoisotopic (exact) mass is 270 g/mol. The van der Waals surface area contributed by atoms with Gasteiger partial charge in [0, 0.05) is 17.8 Å². The molecule has 2 aromatic carbocycles. The Morgan fingerprint density at radius 3 is 2.65 bits per heavy atom. The van der Waals surface area contributed by atoms with Gasteiger partial charge in [-0.25, -0.2) is 0 Å². The van der Waals surface area contributed by atoms with E-state index in [1.54, 1.807) is 13.2 Å². The van der Waals surface area contributed by atoms with Crippen molar-refractivity contribution >= 4 is 11.6 Å². The first-order valence-electron chi connectivity index (χ1n) is 6.38. The van der Waals surface area contributed by atoms with Gasteiger partial charge >= 0.3 is 0 Å². The molecule has 0 fully saturated rings. The molecule has 0 aromatic heterocycles. The minimum absolute atomic E-state index is 0.408. The smallest absolute Gasteiger partial charge is 0.249 e. The van der Waals surface area contributed by atoms with Crippen LogP contribution in [0.1, 0.15) is 21.5 Å². The Hall–Kier alpha value is -2.49. The number of methoxy groups -OCH3 is 1. The fraction of sp³-hybridized carbons (Fsp3) is 0.188. The molecule has 0 aliphatic carbocycles. The molecule has 0 saturated heterocycles. The molecular weight excluding hydrogens is 252 g/mol. The van der Waals surface area contributed by atoms with Gasteiger partial charge in [0.2, 0.25) is 5.91 Å². The molecule has 4 heteroatoms. The molecule has 0 aliphatic rings. The second kappa shape index (κ2) is 6.10. The average molecular weight is 270 g/mol. The van der Waals surface area contributed by atoms with Crippen molar-refractivity contribution in [2.24, 2.45) is 5.73 Å². The van der Waals surface area contributed by atoms with Gasteiger partial charge in [0.25, 0.3) is 0 Å². The summed E-state index contributed by atoms with van der Waals surface area (Å²) in [5.74, 6) is 0.416. The van der Waals surface area contributed by atoms with Gasteiger partial charge in [0.15, 0.2) is 0 Å². The van der Waals surface area contributed by atoms with Gasteiger partial charge in [-0.1, -0.05) is 18.2 Å². The maximum absolute atomic E-state index is 11.4. The van der Waals surface area contributed by atoms with E-state index in [0.717, 1.165) is 22.6 Å². The lowest BCUT2D eigenvalue weighted by molar-refractivity contribution is 0.0999. The van der Waals surface area contributed by atoms with E-state index >= 15 is 0 Å². The highest BCUT2D eigenvalue weighted by atomic mass is 16.5. The Bertz CT molecular complexity index is 624. The van der Waals surface area contributed by atoms with Crippen LogP contribution in [-0.2, 0) is 6.54 Å². The minimum Gasteiger partial charge on any atom is -0.497 e. The summed E-state index contributed by atoms with van der Waals surface area (Å²) in [4.78, 5) is 11.4. The van der Waals surface area contributed by atoms with Crippen LogP contribution in [0, 0.1) is 6.92 Å². The van der Waals surface area contributed by atoms with Gasteiger partial charge in [-0.3, -0.25) is 4.79 Å². The fourth-order valence-electron chi connectivity index (χ4n) is 2.07. The minimum atomic E-state index is -0.408. The van der Waals surface area contributed by atoms with Crippen molar-refractivity contribution < 1.29 is 9.53 Å². The first-order chi connectivity index (χ1) is 9.61. The third-order valence-corrected chi connectivity index (χ3v) is 3.19. The van der Waals surface area contributed by atoms with E-state index < -0.39 is 5.91 Å². The first kappa shape index (κ1) is 13.9. The van der Waals surface area contributed by atoms with Gasteiger partial charge in [-0.15, -0.1) is 0 Å². The lowest BCUT2D eigenvalue weighted by Gasteiger charge is -2.12. The van der Waals surface area contributed by atoms with Crippen molar-refractivity contribution in [2.75, 3.05) is 12.4 Å². The standard InChI is InChI=1S/C16H18N2O2/c1-11-9-13(20-2)7-8-15(11)18-10-12-5-3-4-6-14(12)16(17)19/h3-9,18H,10H2,1-2H3,(H2,17,19). The summed E-state index contributed by atoms with van der Waals surface area (Å²) in [5.41, 5.74) is 8.89. The van der Waals surface area contributed by atoms with Crippen LogP contribution in [0.4, 0.5) is 5.69 Å². The molecule has 104 valence electrons. The first-order valence-corrected chi connectivity index (χ1v) is 6.38. The van der Waals surface area contributed by atoms with Crippen LogP contribution >= 0.6 is 0 Å². The van der Waals surface area contributed by atoms with Crippen molar-refractivity contribution in [1.29, 1.82) is 0 Å². The summed E-state index contributed by atoms with van der Waals surface area (Å²) in [7, 11) is 1.64. The molecule has 2 aromatic rings. The number of rotatable bonds is 5. The van der Waals surface area contributed by atoms with Crippen molar-refractivity contribution in [3.05, 3.63) is 59.2 Å². The lowest BCUT2D eigenvalue weighted by atomic mass is 10.1. The predicted molar refractivity (Wildman–Crippen MR) is 80.0 cm³/mol. The van der Waals surface area contributed by atoms with Crippen LogP contribution in [0.2, 0.25) is 0 Å². The molecule has 4 nitrogen and oxygen atoms in total. The molecule has 20 heavy (non-hydrogen) atoms. The van der Waals surface area contributed by atoms with Gasteiger partial charge < -0.3 is 15.8 Å². The van der Waals surface area contributed by atoms with Crippen molar-refractivity contribution in [3.8, 4) is 5.75 Å². The fourth-order valence-corrected chi connectivity index (χ4v) is 2.07. The molecule has 2 rings (SSSR count). The summed E-state index contributed by atoms with van der Waals surface area (Å²) in [5, 5.41) is 3.31. The van der Waals surface area contributed by atoms with Crippen LogP contribution in [0.5, 0.6) is 5.75 Å². The quantitative estimate of drug-likeness (QED) is 0.878. The molecule has 0 aliphatic heterocycles. The Morgan fingerprint density at radius 2 is 2.00 bits per heavy atom. The molecule has 0 radical (unpaired) electrons. The molecule has 0 bridgehead atoms. The predicted octanol–water partition coefficient (Wildman–Crippen LogP) is 2.71.